The van der Waals surface area contributed by atoms with Crippen molar-refractivity contribution in [3.8, 4) is 0 Å². The minimum absolute atomic E-state index is 0.000972. The third-order valence-corrected chi connectivity index (χ3v) is 5.50. The van der Waals surface area contributed by atoms with Crippen molar-refractivity contribution < 1.29 is 9.59 Å². The summed E-state index contributed by atoms with van der Waals surface area (Å²) in [6, 6.07) is 7.62. The fourth-order valence-electron chi connectivity index (χ4n) is 3.94. The first-order chi connectivity index (χ1) is 9.66. The molecule has 0 spiro atoms. The van der Waals surface area contributed by atoms with Crippen molar-refractivity contribution in [2.24, 2.45) is 23.7 Å². The largest absolute Gasteiger partial charge is 0.274 e. The summed E-state index contributed by atoms with van der Waals surface area (Å²) >= 11 is 2.21. The van der Waals surface area contributed by atoms with Crippen LogP contribution in [-0.4, -0.2) is 11.8 Å². The summed E-state index contributed by atoms with van der Waals surface area (Å²) in [4.78, 5) is 26.9. The molecule has 4 atom stereocenters. The van der Waals surface area contributed by atoms with Crippen LogP contribution in [0.5, 0.6) is 0 Å². The number of anilines is 1. The van der Waals surface area contributed by atoms with Crippen molar-refractivity contribution in [1.82, 2.24) is 0 Å². The molecule has 2 fully saturated rings. The molecule has 102 valence electrons. The van der Waals surface area contributed by atoms with Gasteiger partial charge in [-0.3, -0.25) is 9.59 Å². The Morgan fingerprint density at radius 2 is 1.60 bits per heavy atom. The second kappa shape index (κ2) is 4.41. The first-order valence-corrected chi connectivity index (χ1v) is 8.06. The molecule has 1 aromatic carbocycles. The molecule has 0 N–H and O–H groups in total. The molecule has 2 amide bonds. The highest BCUT2D eigenvalue weighted by atomic mass is 127. The Kier molecular flexibility index (Phi) is 2.77. The molecule has 4 heteroatoms. The minimum atomic E-state index is -0.121. The topological polar surface area (TPSA) is 37.4 Å². The van der Waals surface area contributed by atoms with Crippen LogP contribution in [0.4, 0.5) is 5.69 Å². The van der Waals surface area contributed by atoms with Crippen LogP contribution in [0.15, 0.2) is 36.4 Å². The van der Waals surface area contributed by atoms with Crippen LogP contribution in [0.3, 0.4) is 0 Å². The van der Waals surface area contributed by atoms with Crippen molar-refractivity contribution >= 4 is 40.1 Å². The number of fused-ring (bicyclic) bond motifs is 1. The molecule has 1 saturated carbocycles. The van der Waals surface area contributed by atoms with Gasteiger partial charge in [0.1, 0.15) is 0 Å². The molecular weight excluding hydrogens is 365 g/mol. The minimum Gasteiger partial charge on any atom is -0.274 e. The van der Waals surface area contributed by atoms with Gasteiger partial charge in [0.25, 0.3) is 0 Å². The van der Waals surface area contributed by atoms with Crippen LogP contribution in [0.25, 0.3) is 0 Å². The predicted octanol–water partition coefficient (Wildman–Crippen LogP) is 2.99. The molecular formula is C16H14INO2. The number of amides is 2. The number of nitrogens with zero attached hydrogens (tertiary/aromatic N) is 1. The Morgan fingerprint density at radius 1 is 1.00 bits per heavy atom. The fraction of sp³-hybridized carbons (Fsp3) is 0.375. The van der Waals surface area contributed by atoms with Gasteiger partial charge in [-0.15, -0.1) is 0 Å². The summed E-state index contributed by atoms with van der Waals surface area (Å²) in [5.74, 6) is 0.277. The molecule has 3 nitrogen and oxygen atoms in total. The van der Waals surface area contributed by atoms with E-state index in [2.05, 4.69) is 34.7 Å². The predicted molar refractivity (Wildman–Crippen MR) is 84.0 cm³/mol. The zero-order chi connectivity index (χ0) is 13.9. The van der Waals surface area contributed by atoms with Crippen molar-refractivity contribution in [3.05, 3.63) is 40.0 Å². The number of hydrogen-bond donors (Lipinski definition) is 0. The third-order valence-electron chi connectivity index (χ3n) is 4.83. The molecule has 3 aliphatic carbocycles. The second-order valence-electron chi connectivity index (χ2n) is 5.83. The molecule has 5 rings (SSSR count). The fourth-order valence-corrected chi connectivity index (χ4v) is 4.47. The Morgan fingerprint density at radius 3 is 2.10 bits per heavy atom. The van der Waals surface area contributed by atoms with Gasteiger partial charge in [0.2, 0.25) is 11.8 Å². The third kappa shape index (κ3) is 1.63. The highest BCUT2D eigenvalue weighted by molar-refractivity contribution is 14.1. The molecule has 1 saturated heterocycles. The number of allylic oxidation sites excluding steroid dienone is 2. The Balaban J connectivity index is 1.77. The highest BCUT2D eigenvalue weighted by Gasteiger charge is 2.56. The van der Waals surface area contributed by atoms with Crippen LogP contribution >= 0.6 is 22.6 Å². The van der Waals surface area contributed by atoms with E-state index in [1.807, 2.05) is 24.3 Å². The smallest absolute Gasteiger partial charge is 0.238 e. The lowest BCUT2D eigenvalue weighted by atomic mass is 9.63. The Labute approximate surface area is 131 Å². The molecule has 4 aliphatic rings. The lowest BCUT2D eigenvalue weighted by molar-refractivity contribution is -0.124. The molecule has 20 heavy (non-hydrogen) atoms. The average molecular weight is 379 g/mol. The zero-order valence-corrected chi connectivity index (χ0v) is 13.0. The molecule has 1 aromatic rings. The van der Waals surface area contributed by atoms with E-state index in [9.17, 15) is 9.59 Å². The summed E-state index contributed by atoms with van der Waals surface area (Å²) < 4.78 is 1.04. The van der Waals surface area contributed by atoms with Gasteiger partial charge in [0.15, 0.2) is 0 Å². The number of rotatable bonds is 1. The SMILES string of the molecule is O=C1[C@@H]2[C@@H](C(=O)N1c1cccc(I)c1)[C@H]1C=C[C@H]2CC1. The van der Waals surface area contributed by atoms with E-state index in [0.717, 1.165) is 22.1 Å². The van der Waals surface area contributed by atoms with Crippen LogP contribution in [-0.2, 0) is 9.59 Å². The first kappa shape index (κ1) is 12.6. The molecule has 0 unspecified atom stereocenters. The van der Waals surface area contributed by atoms with Crippen LogP contribution in [0.1, 0.15) is 12.8 Å². The van der Waals surface area contributed by atoms with Gasteiger partial charge in [-0.1, -0.05) is 18.2 Å². The summed E-state index contributed by atoms with van der Waals surface area (Å²) in [5.41, 5.74) is 0.723. The molecule has 1 aliphatic heterocycles. The van der Waals surface area contributed by atoms with Crippen molar-refractivity contribution in [2.45, 2.75) is 12.8 Å². The lowest BCUT2D eigenvalue weighted by Crippen LogP contribution is -2.38. The van der Waals surface area contributed by atoms with Gasteiger partial charge >= 0.3 is 0 Å². The van der Waals surface area contributed by atoms with Crippen molar-refractivity contribution in [2.75, 3.05) is 4.90 Å². The Hall–Kier alpha value is -1.17. The molecule has 0 radical (unpaired) electrons. The summed E-state index contributed by atoms with van der Waals surface area (Å²) in [7, 11) is 0. The van der Waals surface area contributed by atoms with E-state index < -0.39 is 0 Å². The van der Waals surface area contributed by atoms with Gasteiger partial charge in [0.05, 0.1) is 17.5 Å². The molecule has 2 bridgehead atoms. The van der Waals surface area contributed by atoms with E-state index in [1.165, 1.54) is 4.90 Å². The number of hydrogen-bond acceptors (Lipinski definition) is 2. The van der Waals surface area contributed by atoms with Crippen LogP contribution < -0.4 is 4.90 Å². The van der Waals surface area contributed by atoms with Gasteiger partial charge < -0.3 is 0 Å². The van der Waals surface area contributed by atoms with Crippen molar-refractivity contribution in [3.63, 3.8) is 0 Å². The van der Waals surface area contributed by atoms with Gasteiger partial charge in [0, 0.05) is 3.57 Å². The van der Waals surface area contributed by atoms with E-state index in [1.54, 1.807) is 0 Å². The number of carbonyl (C=O) groups excluding carboxylic acids is 2. The van der Waals surface area contributed by atoms with E-state index in [-0.39, 0.29) is 35.5 Å². The van der Waals surface area contributed by atoms with Crippen molar-refractivity contribution in [1.29, 1.82) is 0 Å². The van der Waals surface area contributed by atoms with Crippen LogP contribution in [0, 0.1) is 27.2 Å². The quantitative estimate of drug-likeness (QED) is 0.428. The summed E-state index contributed by atoms with van der Waals surface area (Å²) in [6.45, 7) is 0. The highest BCUT2D eigenvalue weighted by Crippen LogP contribution is 2.50. The number of benzene rings is 1. The summed E-state index contributed by atoms with van der Waals surface area (Å²) in [5, 5.41) is 0. The number of halogens is 1. The zero-order valence-electron chi connectivity index (χ0n) is 10.8. The van der Waals surface area contributed by atoms with Crippen LogP contribution in [0.2, 0.25) is 0 Å². The normalized spacial score (nSPS) is 34.8. The van der Waals surface area contributed by atoms with E-state index >= 15 is 0 Å². The molecule has 1 heterocycles. The van der Waals surface area contributed by atoms with E-state index in [0.29, 0.717) is 0 Å². The first-order valence-electron chi connectivity index (χ1n) is 6.98. The second-order valence-corrected chi connectivity index (χ2v) is 7.08. The van der Waals surface area contributed by atoms with Gasteiger partial charge in [-0.2, -0.15) is 0 Å². The maximum Gasteiger partial charge on any atom is 0.238 e. The maximum atomic E-state index is 12.7. The average Bonchev–Trinajstić information content (AvgIpc) is 2.74. The number of carbonyl (C=O) groups is 2. The van der Waals surface area contributed by atoms with Gasteiger partial charge in [-0.05, 0) is 65.5 Å². The maximum absolute atomic E-state index is 12.7. The Bertz CT molecular complexity index is 607. The number of imide groups is 1. The summed E-state index contributed by atoms with van der Waals surface area (Å²) in [6.07, 6.45) is 6.39. The lowest BCUT2D eigenvalue weighted by Gasteiger charge is -2.38. The van der Waals surface area contributed by atoms with Gasteiger partial charge in [-0.25, -0.2) is 4.90 Å². The monoisotopic (exact) mass is 379 g/mol. The molecule has 0 aromatic heterocycles. The standard InChI is InChI=1S/C16H14INO2/c17-11-2-1-3-12(8-11)18-15(19)13-9-4-5-10(7-6-9)14(13)16(18)20/h1-5,8-10,13-14H,6-7H2/t9-,10-,13-,14-/m0/s1. The van der Waals surface area contributed by atoms with E-state index in [4.69, 9.17) is 0 Å².